The lowest BCUT2D eigenvalue weighted by molar-refractivity contribution is -0.167. The van der Waals surface area contributed by atoms with E-state index in [-0.39, 0.29) is 28.6 Å². The lowest BCUT2D eigenvalue weighted by Crippen LogP contribution is -2.61. The van der Waals surface area contributed by atoms with Crippen LogP contribution in [0.1, 0.15) is 85.5 Å². The molecule has 11 atom stereocenters. The highest BCUT2D eigenvalue weighted by Crippen LogP contribution is 2.70. The minimum Gasteiger partial charge on any atom is -0.469 e. The van der Waals surface area contributed by atoms with Crippen molar-refractivity contribution in [3.63, 3.8) is 0 Å². The normalized spacial score (nSPS) is 51.2. The maximum absolute atomic E-state index is 14.1. The summed E-state index contributed by atoms with van der Waals surface area (Å²) >= 11 is 0. The molecule has 4 nitrogen and oxygen atoms in total. The van der Waals surface area contributed by atoms with E-state index in [4.69, 9.17) is 9.47 Å². The Kier molecular flexibility index (Phi) is 5.35. The molecule has 5 rings (SSSR count). The minimum absolute atomic E-state index is 0.0969. The summed E-state index contributed by atoms with van der Waals surface area (Å²) in [7, 11) is 1.48. The van der Waals surface area contributed by atoms with Crippen molar-refractivity contribution in [3.05, 3.63) is 0 Å². The standard InChI is InChI=1S/C27H42O4/c1-6-16-23-25-20(31-25)12-14-27(23,4)19-11-13-26(3)17(15(2)7-10-21(28)30-5)8-9-18(26)22(19)24(16)29/h15-20,22-23,25H,6-14H2,1-5H3/t15?,16-,17-,18+,19+,20+,22+,23-,25+,26-,27-/m1/s1. The molecule has 1 aliphatic heterocycles. The van der Waals surface area contributed by atoms with Crippen LogP contribution in [0.15, 0.2) is 0 Å². The van der Waals surface area contributed by atoms with Crippen LogP contribution in [0.5, 0.6) is 0 Å². The van der Waals surface area contributed by atoms with Crippen molar-refractivity contribution in [1.82, 2.24) is 0 Å². The van der Waals surface area contributed by atoms with Crippen LogP contribution >= 0.6 is 0 Å². The second-order valence-electron chi connectivity index (χ2n) is 12.2. The second kappa shape index (κ2) is 7.57. The fourth-order valence-corrected chi connectivity index (χ4v) is 9.60. The quantitative estimate of drug-likeness (QED) is 0.431. The smallest absolute Gasteiger partial charge is 0.305 e. The number of hydrogen-bond donors (Lipinski definition) is 0. The molecule has 4 aliphatic carbocycles. The van der Waals surface area contributed by atoms with Gasteiger partial charge in [0.2, 0.25) is 0 Å². The van der Waals surface area contributed by atoms with Gasteiger partial charge in [0.1, 0.15) is 5.78 Å². The van der Waals surface area contributed by atoms with E-state index >= 15 is 0 Å². The number of carbonyl (C=O) groups is 2. The molecule has 0 aromatic heterocycles. The van der Waals surface area contributed by atoms with Gasteiger partial charge >= 0.3 is 5.97 Å². The van der Waals surface area contributed by atoms with Gasteiger partial charge in [-0.25, -0.2) is 0 Å². The van der Waals surface area contributed by atoms with Gasteiger partial charge in [-0.3, -0.25) is 9.59 Å². The zero-order valence-corrected chi connectivity index (χ0v) is 20.2. The van der Waals surface area contributed by atoms with E-state index in [1.54, 1.807) is 0 Å². The van der Waals surface area contributed by atoms with Gasteiger partial charge in [-0.05, 0) is 85.9 Å². The first kappa shape index (κ1) is 21.9. The van der Waals surface area contributed by atoms with Crippen LogP contribution in [-0.4, -0.2) is 31.1 Å². The summed E-state index contributed by atoms with van der Waals surface area (Å²) in [5.74, 6) is 3.57. The number of methoxy groups -OCH3 is 1. The molecule has 0 N–H and O–H groups in total. The highest BCUT2D eigenvalue weighted by Gasteiger charge is 2.69. The Balaban J connectivity index is 1.41. The summed E-state index contributed by atoms with van der Waals surface area (Å²) in [6, 6.07) is 0. The number of ether oxygens (including phenoxy) is 2. The maximum atomic E-state index is 14.1. The fourth-order valence-electron chi connectivity index (χ4n) is 9.60. The first-order chi connectivity index (χ1) is 14.8. The number of fused-ring (bicyclic) bond motifs is 7. The summed E-state index contributed by atoms with van der Waals surface area (Å²) in [5, 5.41) is 0. The van der Waals surface area contributed by atoms with Crippen LogP contribution < -0.4 is 0 Å². The van der Waals surface area contributed by atoms with Crippen molar-refractivity contribution >= 4 is 11.8 Å². The number of ketones is 1. The van der Waals surface area contributed by atoms with E-state index in [2.05, 4.69) is 27.7 Å². The largest absolute Gasteiger partial charge is 0.469 e. The van der Waals surface area contributed by atoms with Gasteiger partial charge < -0.3 is 9.47 Å². The average Bonchev–Trinajstić information content (AvgIpc) is 3.45. The Morgan fingerprint density at radius 2 is 1.84 bits per heavy atom. The zero-order valence-electron chi connectivity index (χ0n) is 20.2. The van der Waals surface area contributed by atoms with Crippen molar-refractivity contribution < 1.29 is 19.1 Å². The van der Waals surface area contributed by atoms with E-state index in [1.807, 2.05) is 0 Å². The first-order valence-electron chi connectivity index (χ1n) is 13.0. The van der Waals surface area contributed by atoms with E-state index in [0.717, 1.165) is 12.8 Å². The predicted molar refractivity (Wildman–Crippen MR) is 119 cm³/mol. The van der Waals surface area contributed by atoms with Crippen LogP contribution in [-0.2, 0) is 19.1 Å². The van der Waals surface area contributed by atoms with Gasteiger partial charge in [-0.15, -0.1) is 0 Å². The Labute approximate surface area is 188 Å². The number of esters is 1. The Bertz CT molecular complexity index is 748. The fraction of sp³-hybridized carbons (Fsp3) is 0.926. The van der Waals surface area contributed by atoms with Gasteiger partial charge in [0.25, 0.3) is 0 Å². The molecule has 0 spiro atoms. The first-order valence-corrected chi connectivity index (χ1v) is 13.0. The molecule has 0 bridgehead atoms. The molecule has 31 heavy (non-hydrogen) atoms. The molecule has 174 valence electrons. The van der Waals surface area contributed by atoms with Gasteiger partial charge in [-0.2, -0.15) is 0 Å². The lowest BCUT2D eigenvalue weighted by Gasteiger charge is -2.61. The SMILES string of the molecule is CC[C@H]1C(=O)[C@@H]2[C@H](CC[C@]3(C)[C@@H](C(C)CCC(=O)OC)CC[C@@H]23)[C@@]2(C)CC[C@@H]3O[C@@H]3[C@@H]12. The molecule has 4 heteroatoms. The summed E-state index contributed by atoms with van der Waals surface area (Å²) < 4.78 is 11.0. The molecule has 5 fully saturated rings. The topological polar surface area (TPSA) is 55.9 Å². The number of rotatable bonds is 5. The molecule has 0 amide bonds. The molecule has 1 heterocycles. The van der Waals surface area contributed by atoms with Crippen molar-refractivity contribution in [1.29, 1.82) is 0 Å². The van der Waals surface area contributed by atoms with E-state index in [1.165, 1.54) is 45.6 Å². The molecule has 5 aliphatic rings. The Morgan fingerprint density at radius 3 is 2.55 bits per heavy atom. The second-order valence-corrected chi connectivity index (χ2v) is 12.2. The average molecular weight is 431 g/mol. The molecule has 0 radical (unpaired) electrons. The molecular formula is C27H42O4. The lowest BCUT2D eigenvalue weighted by atomic mass is 9.42. The molecule has 1 saturated heterocycles. The summed E-state index contributed by atoms with van der Waals surface area (Å²) in [6.45, 7) is 9.57. The third kappa shape index (κ3) is 3.09. The third-order valence-corrected chi connectivity index (χ3v) is 11.2. The van der Waals surface area contributed by atoms with Crippen molar-refractivity contribution in [2.75, 3.05) is 7.11 Å². The number of Topliss-reactive ketones (excluding diaryl/α,β-unsaturated/α-hetero) is 1. The van der Waals surface area contributed by atoms with Crippen LogP contribution in [0, 0.1) is 52.3 Å². The van der Waals surface area contributed by atoms with Crippen LogP contribution in [0.25, 0.3) is 0 Å². The summed E-state index contributed by atoms with van der Waals surface area (Å²) in [4.78, 5) is 25.8. The third-order valence-electron chi connectivity index (χ3n) is 11.2. The van der Waals surface area contributed by atoms with E-state index in [0.29, 0.717) is 54.0 Å². The van der Waals surface area contributed by atoms with Crippen LogP contribution in [0.2, 0.25) is 0 Å². The number of carbonyl (C=O) groups excluding carboxylic acids is 2. The van der Waals surface area contributed by atoms with Crippen molar-refractivity contribution in [2.45, 2.75) is 97.7 Å². The van der Waals surface area contributed by atoms with E-state index < -0.39 is 0 Å². The van der Waals surface area contributed by atoms with E-state index in [9.17, 15) is 9.59 Å². The molecule has 0 aromatic carbocycles. The Hall–Kier alpha value is -0.900. The highest BCUT2D eigenvalue weighted by molar-refractivity contribution is 5.86. The Morgan fingerprint density at radius 1 is 1.13 bits per heavy atom. The number of hydrogen-bond acceptors (Lipinski definition) is 4. The molecule has 1 unspecified atom stereocenters. The van der Waals surface area contributed by atoms with Gasteiger partial charge in [0.15, 0.2) is 0 Å². The summed E-state index contributed by atoms with van der Waals surface area (Å²) in [5.41, 5.74) is 0.508. The molecule has 4 saturated carbocycles. The molecule has 0 aromatic rings. The summed E-state index contributed by atoms with van der Waals surface area (Å²) in [6.07, 6.45) is 10.5. The maximum Gasteiger partial charge on any atom is 0.305 e. The zero-order chi connectivity index (χ0) is 22.1. The monoisotopic (exact) mass is 430 g/mol. The van der Waals surface area contributed by atoms with Crippen molar-refractivity contribution in [2.24, 2.45) is 52.3 Å². The van der Waals surface area contributed by atoms with Gasteiger partial charge in [0.05, 0.1) is 19.3 Å². The number of epoxide rings is 1. The minimum atomic E-state index is -0.0969. The van der Waals surface area contributed by atoms with Crippen LogP contribution in [0.4, 0.5) is 0 Å². The van der Waals surface area contributed by atoms with Gasteiger partial charge in [-0.1, -0.05) is 27.7 Å². The molecular weight excluding hydrogens is 388 g/mol. The van der Waals surface area contributed by atoms with Crippen molar-refractivity contribution in [3.8, 4) is 0 Å². The van der Waals surface area contributed by atoms with Crippen LogP contribution in [0.3, 0.4) is 0 Å². The van der Waals surface area contributed by atoms with Gasteiger partial charge in [0, 0.05) is 24.2 Å². The highest BCUT2D eigenvalue weighted by atomic mass is 16.6. The predicted octanol–water partition coefficient (Wildman–Crippen LogP) is 5.43.